The molecule has 5 rings (SSSR count). The Morgan fingerprint density at radius 3 is 2.70 bits per heavy atom. The predicted molar refractivity (Wildman–Crippen MR) is 125 cm³/mol. The van der Waals surface area contributed by atoms with E-state index in [2.05, 4.69) is 19.7 Å². The molecule has 1 atom stereocenters. The largest absolute Gasteiger partial charge is 0.448 e. The summed E-state index contributed by atoms with van der Waals surface area (Å²) in [7, 11) is -4.03. The molecule has 2 aromatic carbocycles. The molecule has 166 valence electrons. The van der Waals surface area contributed by atoms with Crippen molar-refractivity contribution in [3.63, 3.8) is 0 Å². The number of fused-ring (bicyclic) bond motifs is 1. The van der Waals surface area contributed by atoms with Gasteiger partial charge in [0.05, 0.1) is 29.0 Å². The van der Waals surface area contributed by atoms with Gasteiger partial charge >= 0.3 is 0 Å². The van der Waals surface area contributed by atoms with Gasteiger partial charge in [0.15, 0.2) is 11.6 Å². The minimum atomic E-state index is -4.03. The summed E-state index contributed by atoms with van der Waals surface area (Å²) < 4.78 is 34.9. The Hall–Kier alpha value is -3.63. The standard InChI is InChI=1S/C23H18N4O4S2/c28-20(9-7-17(23-24-10-11-31-23)15-4-2-1-3-5-15)22-26-18-8-6-16(19-13-32-14-25-19)12-21(18)33(29,30)27-22/h1-6,8,10-14,17H,7,9H2,(H,26,27). The Balaban J connectivity index is 1.37. The second kappa shape index (κ2) is 8.72. The number of nitrogens with one attached hydrogen (secondary N) is 1. The van der Waals surface area contributed by atoms with Crippen LogP contribution in [0.3, 0.4) is 0 Å². The van der Waals surface area contributed by atoms with Crippen LogP contribution in [0.4, 0.5) is 5.69 Å². The summed E-state index contributed by atoms with van der Waals surface area (Å²) in [6, 6.07) is 14.5. The maximum absolute atomic E-state index is 12.9. The van der Waals surface area contributed by atoms with E-state index in [9.17, 15) is 13.2 Å². The van der Waals surface area contributed by atoms with Crippen LogP contribution in [0.25, 0.3) is 11.3 Å². The highest BCUT2D eigenvalue weighted by atomic mass is 32.2. The second-order valence-corrected chi connectivity index (χ2v) is 9.71. The van der Waals surface area contributed by atoms with E-state index in [4.69, 9.17) is 4.42 Å². The minimum absolute atomic E-state index is 0.0199. The van der Waals surface area contributed by atoms with Gasteiger partial charge in [0, 0.05) is 17.4 Å². The van der Waals surface area contributed by atoms with Gasteiger partial charge in [-0.15, -0.1) is 15.7 Å². The van der Waals surface area contributed by atoms with Crippen LogP contribution in [0.1, 0.15) is 30.2 Å². The number of hydrogen-bond donors (Lipinski definition) is 1. The van der Waals surface area contributed by atoms with E-state index in [-0.39, 0.29) is 23.1 Å². The quantitative estimate of drug-likeness (QED) is 0.416. The highest BCUT2D eigenvalue weighted by Gasteiger charge is 2.29. The average molecular weight is 479 g/mol. The normalized spacial score (nSPS) is 15.2. The third-order valence-corrected chi connectivity index (χ3v) is 7.23. The molecule has 10 heteroatoms. The fourth-order valence-electron chi connectivity index (χ4n) is 3.71. The Kier molecular flexibility index (Phi) is 5.61. The molecule has 8 nitrogen and oxygen atoms in total. The first kappa shape index (κ1) is 21.2. The summed E-state index contributed by atoms with van der Waals surface area (Å²) in [6.45, 7) is 0. The van der Waals surface area contributed by atoms with E-state index >= 15 is 0 Å². The van der Waals surface area contributed by atoms with Crippen LogP contribution in [0.5, 0.6) is 0 Å². The smallest absolute Gasteiger partial charge is 0.286 e. The van der Waals surface area contributed by atoms with Crippen LogP contribution < -0.4 is 5.32 Å². The maximum atomic E-state index is 12.9. The van der Waals surface area contributed by atoms with Gasteiger partial charge in [0.1, 0.15) is 11.2 Å². The van der Waals surface area contributed by atoms with E-state index in [1.165, 1.54) is 23.7 Å². The van der Waals surface area contributed by atoms with Crippen molar-refractivity contribution in [2.24, 2.45) is 4.40 Å². The van der Waals surface area contributed by atoms with Crippen molar-refractivity contribution in [2.45, 2.75) is 23.7 Å². The molecule has 3 heterocycles. The summed E-state index contributed by atoms with van der Waals surface area (Å²) >= 11 is 1.42. The number of thiazole rings is 1. The molecule has 0 spiro atoms. The topological polar surface area (TPSA) is 115 Å². The maximum Gasteiger partial charge on any atom is 0.286 e. The van der Waals surface area contributed by atoms with Crippen molar-refractivity contribution in [1.29, 1.82) is 0 Å². The number of aromatic nitrogens is 2. The zero-order chi connectivity index (χ0) is 22.8. The molecule has 1 aliphatic heterocycles. The number of ketones is 1. The molecule has 0 bridgehead atoms. The van der Waals surface area contributed by atoms with Gasteiger partial charge in [-0.05, 0) is 24.1 Å². The lowest BCUT2D eigenvalue weighted by Crippen LogP contribution is -2.29. The minimum Gasteiger partial charge on any atom is -0.448 e. The molecule has 0 amide bonds. The predicted octanol–water partition coefficient (Wildman–Crippen LogP) is 4.49. The molecular formula is C23H18N4O4S2. The van der Waals surface area contributed by atoms with Crippen LogP contribution in [0, 0.1) is 0 Å². The second-order valence-electron chi connectivity index (χ2n) is 7.42. The molecule has 0 aliphatic carbocycles. The fraction of sp³-hybridized carbons (Fsp3) is 0.130. The summed E-state index contributed by atoms with van der Waals surface area (Å²) in [5.74, 6) is -0.331. The summed E-state index contributed by atoms with van der Waals surface area (Å²) in [5.41, 5.74) is 4.31. The van der Waals surface area contributed by atoms with Crippen molar-refractivity contribution >= 4 is 38.7 Å². The van der Waals surface area contributed by atoms with E-state index in [1.807, 2.05) is 35.7 Å². The van der Waals surface area contributed by atoms with E-state index in [0.717, 1.165) is 5.56 Å². The molecule has 0 saturated heterocycles. The van der Waals surface area contributed by atoms with Crippen molar-refractivity contribution in [3.05, 3.63) is 83.3 Å². The summed E-state index contributed by atoms with van der Waals surface area (Å²) in [5, 5.41) is 4.72. The summed E-state index contributed by atoms with van der Waals surface area (Å²) in [4.78, 5) is 21.4. The average Bonchev–Trinajstić information content (AvgIpc) is 3.54. The van der Waals surface area contributed by atoms with Crippen LogP contribution >= 0.6 is 11.3 Å². The first-order valence-corrected chi connectivity index (χ1v) is 12.5. The SMILES string of the molecule is O=C(CCC(c1ccccc1)c1ncco1)C1=NS(=O)(=O)c2cc(-c3cscn3)ccc2N1. The lowest BCUT2D eigenvalue weighted by Gasteiger charge is -2.19. The molecule has 33 heavy (non-hydrogen) atoms. The first-order valence-electron chi connectivity index (χ1n) is 10.1. The molecular weight excluding hydrogens is 460 g/mol. The van der Waals surface area contributed by atoms with Crippen molar-refractivity contribution < 1.29 is 17.6 Å². The number of benzene rings is 2. The van der Waals surface area contributed by atoms with Gasteiger partial charge in [-0.1, -0.05) is 36.4 Å². The highest BCUT2D eigenvalue weighted by Crippen LogP contribution is 2.33. The fourth-order valence-corrected chi connectivity index (χ4v) is 5.43. The number of Topliss-reactive ketones (excluding diaryl/α,β-unsaturated/α-hetero) is 1. The molecule has 2 aromatic heterocycles. The Bertz CT molecular complexity index is 1410. The van der Waals surface area contributed by atoms with Gasteiger partial charge < -0.3 is 9.73 Å². The molecule has 1 aliphatic rings. The van der Waals surface area contributed by atoms with Crippen LogP contribution in [0.2, 0.25) is 0 Å². The molecule has 0 fully saturated rings. The zero-order valence-corrected chi connectivity index (χ0v) is 18.8. The third kappa shape index (κ3) is 4.35. The van der Waals surface area contributed by atoms with E-state index < -0.39 is 15.8 Å². The lowest BCUT2D eigenvalue weighted by molar-refractivity contribution is -0.113. The van der Waals surface area contributed by atoms with Crippen LogP contribution in [-0.2, 0) is 14.8 Å². The Morgan fingerprint density at radius 1 is 1.12 bits per heavy atom. The number of amidine groups is 1. The van der Waals surface area contributed by atoms with Gasteiger partial charge in [-0.2, -0.15) is 8.42 Å². The van der Waals surface area contributed by atoms with Gasteiger partial charge in [-0.3, -0.25) is 4.79 Å². The molecule has 0 radical (unpaired) electrons. The van der Waals surface area contributed by atoms with Crippen LogP contribution in [-0.4, -0.2) is 30.0 Å². The summed E-state index contributed by atoms with van der Waals surface area (Å²) in [6.07, 6.45) is 3.50. The van der Waals surface area contributed by atoms with Gasteiger partial charge in [-0.25, -0.2) is 9.97 Å². The zero-order valence-electron chi connectivity index (χ0n) is 17.2. The van der Waals surface area contributed by atoms with E-state index in [0.29, 0.717) is 29.3 Å². The van der Waals surface area contributed by atoms with Gasteiger partial charge in [0.25, 0.3) is 10.0 Å². The number of nitrogens with zero attached hydrogens (tertiary/aromatic N) is 3. The number of anilines is 1. The number of carbonyl (C=O) groups is 1. The molecule has 1 N–H and O–H groups in total. The van der Waals surface area contributed by atoms with Crippen LogP contribution in [0.15, 0.2) is 85.6 Å². The monoisotopic (exact) mass is 478 g/mol. The Morgan fingerprint density at radius 2 is 1.97 bits per heavy atom. The number of sulfonamides is 1. The first-order chi connectivity index (χ1) is 16.0. The molecule has 0 saturated carbocycles. The highest BCUT2D eigenvalue weighted by molar-refractivity contribution is 7.90. The number of hydrogen-bond acceptors (Lipinski definition) is 8. The van der Waals surface area contributed by atoms with Crippen molar-refractivity contribution in [1.82, 2.24) is 9.97 Å². The van der Waals surface area contributed by atoms with E-state index in [1.54, 1.807) is 23.8 Å². The number of carbonyl (C=O) groups excluding carboxylic acids is 1. The molecule has 4 aromatic rings. The molecule has 1 unspecified atom stereocenters. The Labute approximate surface area is 194 Å². The lowest BCUT2D eigenvalue weighted by atomic mass is 9.93. The van der Waals surface area contributed by atoms with Gasteiger partial charge in [0.2, 0.25) is 5.89 Å². The number of rotatable bonds is 7. The number of oxazole rings is 1. The van der Waals surface area contributed by atoms with Crippen molar-refractivity contribution in [2.75, 3.05) is 5.32 Å². The van der Waals surface area contributed by atoms with Crippen molar-refractivity contribution in [3.8, 4) is 11.3 Å². The third-order valence-electron chi connectivity index (χ3n) is 5.33.